The first-order valence-corrected chi connectivity index (χ1v) is 35.6. The Bertz CT molecular complexity index is 3050. The molecule has 0 radical (unpaired) electrons. The molecule has 0 fully saturated rings. The Hall–Kier alpha value is -7.18. The van der Waals surface area contributed by atoms with Gasteiger partial charge in [0.1, 0.15) is 12.1 Å². The van der Waals surface area contributed by atoms with Crippen LogP contribution in [0.5, 0.6) is 0 Å². The van der Waals surface area contributed by atoms with Crippen LogP contribution in [0.25, 0.3) is 10.4 Å². The molecule has 0 spiro atoms. The van der Waals surface area contributed by atoms with Crippen molar-refractivity contribution in [3.05, 3.63) is 208 Å². The lowest BCUT2D eigenvalue weighted by molar-refractivity contribution is -0.132. The monoisotopic (exact) mass is 1340 g/mol. The van der Waals surface area contributed by atoms with Crippen molar-refractivity contribution in [2.24, 2.45) is 11.0 Å². The number of nitrogens with one attached hydrogen (secondary N) is 4. The van der Waals surface area contributed by atoms with Crippen molar-refractivity contribution in [1.82, 2.24) is 16.0 Å². The number of unbranched alkanes of at least 4 members (excludes halogenated alkanes) is 1. The number of anilines is 1. The Morgan fingerprint density at radius 3 is 1.34 bits per heavy atom. The summed E-state index contributed by atoms with van der Waals surface area (Å²) >= 11 is 0. The fourth-order valence-corrected chi connectivity index (χ4v) is 15.6. The van der Waals surface area contributed by atoms with Crippen molar-refractivity contribution in [3.8, 4) is 0 Å². The molecule has 0 saturated carbocycles. The number of ether oxygens (including phenoxy) is 9. The van der Waals surface area contributed by atoms with E-state index in [0.717, 1.165) is 22.3 Å². The van der Waals surface area contributed by atoms with Gasteiger partial charge in [0.15, 0.2) is 0 Å². The lowest BCUT2D eigenvalue weighted by atomic mass is 9.76. The number of benzene rings is 6. The Labute approximate surface area is 569 Å². The first kappa shape index (κ1) is 77.8. The molecule has 21 heteroatoms. The SMILES string of the molecule is Cc1ccc(C(NCCCC[C@H](NC(=O)[C@@H](NC(=O)CCOCCOCCOCCOCCOCCOCCOCCOCCOCCN=[N+]=[N-])C(C)C)C(=O)Nc2ccc(CO[Si](c3ccccc3)(c3ccccc3)C(C)(C)C)cc2)(c2ccccc2)c2ccccc2)cc1. The minimum absolute atomic E-state index is 0.0276. The van der Waals surface area contributed by atoms with Crippen LogP contribution in [0, 0.1) is 12.8 Å². The van der Waals surface area contributed by atoms with Crippen molar-refractivity contribution in [3.63, 3.8) is 0 Å². The number of hydrogen-bond acceptors (Lipinski definition) is 15. The van der Waals surface area contributed by atoms with Gasteiger partial charge in [-0.1, -0.05) is 203 Å². The second kappa shape index (κ2) is 44.6. The van der Waals surface area contributed by atoms with E-state index in [1.807, 2.05) is 62.4 Å². The smallest absolute Gasteiger partial charge is 0.261 e. The van der Waals surface area contributed by atoms with Crippen molar-refractivity contribution in [1.29, 1.82) is 0 Å². The molecule has 0 aromatic heterocycles. The summed E-state index contributed by atoms with van der Waals surface area (Å²) in [4.78, 5) is 45.0. The Balaban J connectivity index is 0.942. The summed E-state index contributed by atoms with van der Waals surface area (Å²) in [6.07, 6.45) is 1.64. The number of hydrogen-bond donors (Lipinski definition) is 4. The van der Waals surface area contributed by atoms with Crippen molar-refractivity contribution >= 4 is 42.1 Å². The Morgan fingerprint density at radius 1 is 0.500 bits per heavy atom. The van der Waals surface area contributed by atoms with Gasteiger partial charge in [-0.15, -0.1) is 0 Å². The third-order valence-electron chi connectivity index (χ3n) is 16.0. The van der Waals surface area contributed by atoms with Gasteiger partial charge in [-0.25, -0.2) is 0 Å². The van der Waals surface area contributed by atoms with Gasteiger partial charge >= 0.3 is 0 Å². The number of amides is 3. The zero-order valence-electron chi connectivity index (χ0n) is 57.2. The highest BCUT2D eigenvalue weighted by Crippen LogP contribution is 2.39. The largest absolute Gasteiger partial charge is 0.403 e. The summed E-state index contributed by atoms with van der Waals surface area (Å²) in [6, 6.07) is 56.5. The van der Waals surface area contributed by atoms with E-state index in [0.29, 0.717) is 150 Å². The van der Waals surface area contributed by atoms with Gasteiger partial charge in [-0.05, 0) is 94.0 Å². The second-order valence-corrected chi connectivity index (χ2v) is 28.8. The molecule has 3 amide bonds. The number of carbonyl (C=O) groups excluding carboxylic acids is 3. The number of carbonyl (C=O) groups is 3. The molecule has 6 aromatic carbocycles. The van der Waals surface area contributed by atoms with Crippen LogP contribution in [0.2, 0.25) is 5.04 Å². The molecule has 0 aliphatic carbocycles. The zero-order valence-corrected chi connectivity index (χ0v) is 58.2. The molecule has 0 unspecified atom stereocenters. The molecule has 0 aliphatic rings. The molecule has 0 bridgehead atoms. The molecule has 2 atom stereocenters. The van der Waals surface area contributed by atoms with E-state index in [-0.39, 0.29) is 42.4 Å². The highest BCUT2D eigenvalue weighted by molar-refractivity contribution is 6.99. The van der Waals surface area contributed by atoms with Crippen LogP contribution in [-0.2, 0) is 73.6 Å². The normalized spacial score (nSPS) is 12.4. The van der Waals surface area contributed by atoms with Gasteiger partial charge in [0, 0.05) is 23.6 Å². The number of azide groups is 1. The van der Waals surface area contributed by atoms with E-state index in [1.165, 1.54) is 15.9 Å². The second-order valence-electron chi connectivity index (χ2n) is 24.5. The van der Waals surface area contributed by atoms with Gasteiger partial charge in [0.05, 0.1) is 131 Å². The van der Waals surface area contributed by atoms with Crippen LogP contribution < -0.4 is 31.6 Å². The molecule has 520 valence electrons. The number of rotatable bonds is 50. The molecule has 6 aromatic rings. The van der Waals surface area contributed by atoms with Crippen LogP contribution in [0.4, 0.5) is 5.69 Å². The van der Waals surface area contributed by atoms with Crippen LogP contribution in [0.15, 0.2) is 175 Å². The maximum atomic E-state index is 14.6. The lowest BCUT2D eigenvalue weighted by Gasteiger charge is -2.43. The van der Waals surface area contributed by atoms with E-state index in [4.69, 9.17) is 52.6 Å². The van der Waals surface area contributed by atoms with Gasteiger partial charge in [0.25, 0.3) is 8.32 Å². The van der Waals surface area contributed by atoms with E-state index >= 15 is 0 Å². The number of nitrogens with zero attached hydrogens (tertiary/aromatic N) is 3. The third-order valence-corrected chi connectivity index (χ3v) is 21.0. The summed E-state index contributed by atoms with van der Waals surface area (Å²) < 4.78 is 56.9. The lowest BCUT2D eigenvalue weighted by Crippen LogP contribution is -2.66. The van der Waals surface area contributed by atoms with Crippen LogP contribution in [0.3, 0.4) is 0 Å². The average molecular weight is 1340 g/mol. The van der Waals surface area contributed by atoms with Gasteiger partial charge < -0.3 is 63.0 Å². The van der Waals surface area contributed by atoms with Gasteiger partial charge in [0.2, 0.25) is 17.7 Å². The highest BCUT2D eigenvalue weighted by atomic mass is 28.4. The Kier molecular flexibility index (Phi) is 36.2. The first-order valence-electron chi connectivity index (χ1n) is 33.7. The minimum atomic E-state index is -2.81. The first-order chi connectivity index (χ1) is 46.8. The predicted octanol–water partition coefficient (Wildman–Crippen LogP) is 10.2. The molecule has 0 aliphatic heterocycles. The third kappa shape index (κ3) is 26.7. The number of aryl methyl sites for hydroxylation is 1. The molecule has 4 N–H and O–H groups in total. The molecule has 0 heterocycles. The highest BCUT2D eigenvalue weighted by Gasteiger charge is 2.50. The fourth-order valence-electron chi connectivity index (χ4n) is 11.1. The van der Waals surface area contributed by atoms with E-state index in [1.54, 1.807) is 0 Å². The summed E-state index contributed by atoms with van der Waals surface area (Å²) in [6.45, 7) is 21.0. The van der Waals surface area contributed by atoms with Gasteiger partial charge in [-0.3, -0.25) is 19.7 Å². The van der Waals surface area contributed by atoms with Crippen molar-refractivity contribution in [2.45, 2.75) is 96.5 Å². The van der Waals surface area contributed by atoms with E-state index < -0.39 is 31.8 Å². The molecule has 0 saturated heterocycles. The summed E-state index contributed by atoms with van der Waals surface area (Å²) in [5.74, 6) is -1.46. The summed E-state index contributed by atoms with van der Waals surface area (Å²) in [5, 5.41) is 18.6. The molecular formula is C75H103N7O13Si. The van der Waals surface area contributed by atoms with Crippen molar-refractivity contribution in [2.75, 3.05) is 137 Å². The molecular weight excluding hydrogens is 1230 g/mol. The standard InChI is InChI=1S/C75H103N7O13Si/c1-60(2)71(81-70(83)38-41-86-43-45-88-47-49-90-51-53-92-55-57-94-58-56-93-54-52-91-50-48-89-46-44-87-42-40-78-82-76)73(85)80-69(29-19-20-39-77-75(63-21-11-7-12-22-63,64-23-13-8-14-24-64)65-34-30-61(3)31-35-65)72(84)79-66-36-32-62(33-37-66)59-95-96(74(4,5)6,67-25-15-9-16-26-67)68-27-17-10-18-28-68/h7-18,21-28,30-37,60,69,71,77H,19-20,29,38-59H2,1-6H3,(H,79,84)(H,80,85)(H,81,83)/t69-,71-/m0/s1. The molecule has 20 nitrogen and oxygen atoms in total. The topological polar surface area (TPSA) is 240 Å². The zero-order chi connectivity index (χ0) is 68.4. The molecule has 6 rings (SSSR count). The van der Waals surface area contributed by atoms with Crippen molar-refractivity contribution < 1.29 is 61.4 Å². The Morgan fingerprint density at radius 2 is 0.917 bits per heavy atom. The molecule has 96 heavy (non-hydrogen) atoms. The van der Waals surface area contributed by atoms with E-state index in [2.05, 4.69) is 180 Å². The van der Waals surface area contributed by atoms with Crippen LogP contribution >= 0.6 is 0 Å². The summed E-state index contributed by atoms with van der Waals surface area (Å²) in [7, 11) is -2.81. The maximum Gasteiger partial charge on any atom is 0.261 e. The van der Waals surface area contributed by atoms with Crippen LogP contribution in [0.1, 0.15) is 88.1 Å². The van der Waals surface area contributed by atoms with E-state index in [9.17, 15) is 14.4 Å². The van der Waals surface area contributed by atoms with Crippen LogP contribution in [-0.4, -0.2) is 170 Å². The predicted molar refractivity (Wildman–Crippen MR) is 378 cm³/mol. The maximum absolute atomic E-state index is 14.6. The average Bonchev–Trinajstić information content (AvgIpc) is 0.762. The summed E-state index contributed by atoms with van der Waals surface area (Å²) in [5.41, 5.74) is 13.6. The fraction of sp³-hybridized carbons (Fsp3) is 0.480. The quantitative estimate of drug-likeness (QED) is 0.00694. The minimum Gasteiger partial charge on any atom is -0.403 e. The van der Waals surface area contributed by atoms with Gasteiger partial charge in [-0.2, -0.15) is 0 Å².